The van der Waals surface area contributed by atoms with Crippen LogP contribution >= 0.6 is 0 Å². The summed E-state index contributed by atoms with van der Waals surface area (Å²) in [5, 5.41) is 0. The maximum Gasteiger partial charge on any atom is 0.322 e. The van der Waals surface area contributed by atoms with E-state index in [0.29, 0.717) is 26.1 Å². The lowest BCUT2D eigenvalue weighted by Crippen LogP contribution is -2.32. The number of ether oxygens (including phenoxy) is 3. The van der Waals surface area contributed by atoms with Crippen molar-refractivity contribution in [2.45, 2.75) is 25.2 Å². The van der Waals surface area contributed by atoms with Crippen LogP contribution in [0, 0.1) is 0 Å². The highest BCUT2D eigenvalue weighted by molar-refractivity contribution is 5.75. The third-order valence-corrected chi connectivity index (χ3v) is 1.91. The van der Waals surface area contributed by atoms with Gasteiger partial charge < -0.3 is 19.9 Å². The van der Waals surface area contributed by atoms with Crippen LogP contribution in [0.4, 0.5) is 0 Å². The Morgan fingerprint density at radius 1 is 1.62 bits per heavy atom. The minimum atomic E-state index is -0.571. The molecule has 0 spiro atoms. The molecule has 76 valence electrons. The van der Waals surface area contributed by atoms with Crippen LogP contribution in [0.2, 0.25) is 0 Å². The van der Waals surface area contributed by atoms with Crippen molar-refractivity contribution >= 4 is 5.97 Å². The first-order chi connectivity index (χ1) is 6.24. The molecular formula is C8H15NO4. The number of carbonyl (C=O) groups is 1. The number of rotatable bonds is 4. The zero-order chi connectivity index (χ0) is 9.68. The van der Waals surface area contributed by atoms with Crippen molar-refractivity contribution in [3.05, 3.63) is 0 Å². The largest absolute Gasteiger partial charge is 0.468 e. The van der Waals surface area contributed by atoms with Gasteiger partial charge >= 0.3 is 5.97 Å². The lowest BCUT2D eigenvalue weighted by atomic mass is 10.1. The molecule has 5 nitrogen and oxygen atoms in total. The molecule has 1 saturated heterocycles. The first kappa shape index (κ1) is 10.4. The van der Waals surface area contributed by atoms with Crippen LogP contribution < -0.4 is 5.73 Å². The number of nitrogens with two attached hydrogens (primary N) is 1. The Morgan fingerprint density at radius 3 is 2.77 bits per heavy atom. The second-order valence-corrected chi connectivity index (χ2v) is 2.88. The Labute approximate surface area is 77.1 Å². The standard InChI is InChI=1S/C8H15NO4/c1-11-8(10)6(9)2-3-7-12-4-5-13-7/h6-7H,2-5,9H2,1H3/t6-/m0/s1. The molecule has 1 atom stereocenters. The molecule has 1 rings (SSSR count). The molecule has 1 fully saturated rings. The van der Waals surface area contributed by atoms with E-state index in [-0.39, 0.29) is 6.29 Å². The number of methoxy groups -OCH3 is 1. The Hall–Kier alpha value is -0.650. The first-order valence-electron chi connectivity index (χ1n) is 4.30. The van der Waals surface area contributed by atoms with Crippen LogP contribution in [-0.4, -0.2) is 38.6 Å². The fourth-order valence-electron chi connectivity index (χ4n) is 1.16. The van der Waals surface area contributed by atoms with E-state index in [9.17, 15) is 4.79 Å². The minimum Gasteiger partial charge on any atom is -0.468 e. The molecule has 13 heavy (non-hydrogen) atoms. The fraction of sp³-hybridized carbons (Fsp3) is 0.875. The van der Waals surface area contributed by atoms with E-state index in [1.165, 1.54) is 7.11 Å². The highest BCUT2D eigenvalue weighted by Gasteiger charge is 2.20. The van der Waals surface area contributed by atoms with Crippen LogP contribution in [0.25, 0.3) is 0 Å². The van der Waals surface area contributed by atoms with Crippen molar-refractivity contribution in [3.63, 3.8) is 0 Å². The fourth-order valence-corrected chi connectivity index (χ4v) is 1.16. The predicted molar refractivity (Wildman–Crippen MR) is 44.9 cm³/mol. The summed E-state index contributed by atoms with van der Waals surface area (Å²) >= 11 is 0. The second-order valence-electron chi connectivity index (χ2n) is 2.88. The Kier molecular flexibility index (Phi) is 4.14. The number of hydrogen-bond acceptors (Lipinski definition) is 5. The van der Waals surface area contributed by atoms with Gasteiger partial charge in [-0.1, -0.05) is 0 Å². The molecule has 0 bridgehead atoms. The summed E-state index contributed by atoms with van der Waals surface area (Å²) in [5.74, 6) is -0.391. The Bertz CT molecular complexity index is 168. The average Bonchev–Trinajstić information content (AvgIpc) is 2.65. The third-order valence-electron chi connectivity index (χ3n) is 1.91. The van der Waals surface area contributed by atoms with Gasteiger partial charge in [0.1, 0.15) is 6.04 Å². The third kappa shape index (κ3) is 3.30. The van der Waals surface area contributed by atoms with Crippen LogP contribution in [0.5, 0.6) is 0 Å². The molecule has 0 saturated carbocycles. The SMILES string of the molecule is COC(=O)[C@@H](N)CCC1OCCO1. The highest BCUT2D eigenvalue weighted by Crippen LogP contribution is 2.11. The number of carbonyl (C=O) groups excluding carboxylic acids is 1. The quantitative estimate of drug-likeness (QED) is 0.611. The van der Waals surface area contributed by atoms with Gasteiger partial charge in [-0.2, -0.15) is 0 Å². The van der Waals surface area contributed by atoms with Crippen molar-refractivity contribution in [3.8, 4) is 0 Å². The molecule has 0 aromatic carbocycles. The molecule has 1 aliphatic rings. The molecule has 0 aliphatic carbocycles. The van der Waals surface area contributed by atoms with Gasteiger partial charge in [-0.25, -0.2) is 0 Å². The molecule has 0 radical (unpaired) electrons. The molecule has 0 aromatic rings. The summed E-state index contributed by atoms with van der Waals surface area (Å²) in [6, 6.07) is -0.571. The molecule has 1 heterocycles. The minimum absolute atomic E-state index is 0.198. The Balaban J connectivity index is 2.13. The van der Waals surface area contributed by atoms with Gasteiger partial charge in [-0.3, -0.25) is 4.79 Å². The first-order valence-corrected chi connectivity index (χ1v) is 4.30. The summed E-state index contributed by atoms with van der Waals surface area (Å²) < 4.78 is 14.9. The van der Waals surface area contributed by atoms with E-state index in [2.05, 4.69) is 4.74 Å². The lowest BCUT2D eigenvalue weighted by molar-refractivity contribution is -0.142. The van der Waals surface area contributed by atoms with Crippen LogP contribution in [0.1, 0.15) is 12.8 Å². The van der Waals surface area contributed by atoms with Crippen molar-refractivity contribution in [1.82, 2.24) is 0 Å². The van der Waals surface area contributed by atoms with Crippen molar-refractivity contribution in [2.75, 3.05) is 20.3 Å². The maximum atomic E-state index is 10.9. The summed E-state index contributed by atoms with van der Waals surface area (Å²) in [6.07, 6.45) is 0.962. The van der Waals surface area contributed by atoms with Crippen molar-refractivity contribution < 1.29 is 19.0 Å². The van der Waals surface area contributed by atoms with E-state index < -0.39 is 12.0 Å². The van der Waals surface area contributed by atoms with E-state index in [1.54, 1.807) is 0 Å². The normalized spacial score (nSPS) is 20.2. The number of hydrogen-bond donors (Lipinski definition) is 1. The average molecular weight is 189 g/mol. The lowest BCUT2D eigenvalue weighted by Gasteiger charge is -2.12. The summed E-state index contributed by atoms with van der Waals surface area (Å²) in [4.78, 5) is 10.9. The van der Waals surface area contributed by atoms with E-state index in [4.69, 9.17) is 15.2 Å². The topological polar surface area (TPSA) is 70.8 Å². The zero-order valence-corrected chi connectivity index (χ0v) is 7.69. The van der Waals surface area contributed by atoms with Gasteiger partial charge in [0.05, 0.1) is 20.3 Å². The highest BCUT2D eigenvalue weighted by atomic mass is 16.7. The summed E-state index contributed by atoms with van der Waals surface area (Å²) in [6.45, 7) is 1.25. The summed E-state index contributed by atoms with van der Waals surface area (Å²) in [7, 11) is 1.32. The van der Waals surface area contributed by atoms with Gasteiger partial charge in [0.15, 0.2) is 6.29 Å². The van der Waals surface area contributed by atoms with Gasteiger partial charge in [0, 0.05) is 6.42 Å². The van der Waals surface area contributed by atoms with Crippen molar-refractivity contribution in [1.29, 1.82) is 0 Å². The van der Waals surface area contributed by atoms with Crippen LogP contribution in [0.15, 0.2) is 0 Å². The monoisotopic (exact) mass is 189 g/mol. The van der Waals surface area contributed by atoms with Crippen molar-refractivity contribution in [2.24, 2.45) is 5.73 Å². The summed E-state index contributed by atoms with van der Waals surface area (Å²) in [5.41, 5.74) is 5.52. The molecule has 2 N–H and O–H groups in total. The maximum absolute atomic E-state index is 10.9. The molecular weight excluding hydrogens is 174 g/mol. The van der Waals surface area contributed by atoms with Gasteiger partial charge in [-0.15, -0.1) is 0 Å². The van der Waals surface area contributed by atoms with E-state index >= 15 is 0 Å². The van der Waals surface area contributed by atoms with Gasteiger partial charge in [0.25, 0.3) is 0 Å². The van der Waals surface area contributed by atoms with Gasteiger partial charge in [-0.05, 0) is 6.42 Å². The Morgan fingerprint density at radius 2 is 2.23 bits per heavy atom. The molecule has 0 unspecified atom stereocenters. The molecule has 1 aliphatic heterocycles. The number of esters is 1. The smallest absolute Gasteiger partial charge is 0.322 e. The van der Waals surface area contributed by atoms with Crippen LogP contribution in [-0.2, 0) is 19.0 Å². The molecule has 0 amide bonds. The predicted octanol–water partition coefficient (Wildman–Crippen LogP) is -0.360. The molecule has 5 heteroatoms. The zero-order valence-electron chi connectivity index (χ0n) is 7.69. The van der Waals surface area contributed by atoms with Crippen LogP contribution in [0.3, 0.4) is 0 Å². The molecule has 0 aromatic heterocycles. The van der Waals surface area contributed by atoms with E-state index in [0.717, 1.165) is 0 Å². The second kappa shape index (κ2) is 5.16. The van der Waals surface area contributed by atoms with E-state index in [1.807, 2.05) is 0 Å². The van der Waals surface area contributed by atoms with Gasteiger partial charge in [0.2, 0.25) is 0 Å².